The van der Waals surface area contributed by atoms with E-state index in [1.54, 1.807) is 0 Å². The monoisotopic (exact) mass is 241 g/mol. The Morgan fingerprint density at radius 2 is 2.24 bits per heavy atom. The van der Waals surface area contributed by atoms with Crippen molar-refractivity contribution >= 4 is 11.6 Å². The number of rotatable bonds is 6. The van der Waals surface area contributed by atoms with Gasteiger partial charge in [0, 0.05) is 31.1 Å². The van der Waals surface area contributed by atoms with Gasteiger partial charge in [0.1, 0.15) is 5.82 Å². The van der Waals surface area contributed by atoms with E-state index in [9.17, 15) is 19.3 Å². The number of nitrogens with one attached hydrogen (secondary N) is 1. The van der Waals surface area contributed by atoms with Crippen molar-refractivity contribution < 1.29 is 14.1 Å². The molecule has 0 spiro atoms. The molecular weight excluding hydrogens is 229 g/mol. The van der Waals surface area contributed by atoms with E-state index in [2.05, 4.69) is 5.32 Å². The lowest BCUT2D eigenvalue weighted by Gasteiger charge is -2.04. The van der Waals surface area contributed by atoms with Crippen LogP contribution in [0.2, 0.25) is 0 Å². The molecule has 0 fully saturated rings. The van der Waals surface area contributed by atoms with Gasteiger partial charge in [-0.1, -0.05) is 0 Å². The molecule has 1 rings (SSSR count). The van der Waals surface area contributed by atoms with Crippen LogP contribution in [0.3, 0.4) is 0 Å². The first-order valence-electron chi connectivity index (χ1n) is 4.92. The van der Waals surface area contributed by atoms with E-state index in [4.69, 9.17) is 5.73 Å². The summed E-state index contributed by atoms with van der Waals surface area (Å²) in [5.41, 5.74) is 5.01. The van der Waals surface area contributed by atoms with Gasteiger partial charge in [0.15, 0.2) is 0 Å². The normalized spacial score (nSPS) is 10.2. The minimum Gasteiger partial charge on any atom is -0.370 e. The highest BCUT2D eigenvalue weighted by molar-refractivity contribution is 5.73. The Labute approximate surface area is 96.8 Å². The van der Waals surface area contributed by atoms with E-state index in [0.29, 0.717) is 6.54 Å². The Bertz CT molecular complexity index is 437. The fourth-order valence-corrected chi connectivity index (χ4v) is 1.31. The van der Waals surface area contributed by atoms with Gasteiger partial charge in [-0.05, 0) is 12.1 Å². The van der Waals surface area contributed by atoms with Crippen molar-refractivity contribution in [3.8, 4) is 0 Å². The van der Waals surface area contributed by atoms with Crippen molar-refractivity contribution in [3.63, 3.8) is 0 Å². The van der Waals surface area contributed by atoms with Crippen molar-refractivity contribution in [3.05, 3.63) is 39.7 Å². The van der Waals surface area contributed by atoms with Crippen LogP contribution in [0, 0.1) is 15.9 Å². The summed E-state index contributed by atoms with van der Waals surface area (Å²) in [7, 11) is 0. The average molecular weight is 241 g/mol. The molecule has 17 heavy (non-hydrogen) atoms. The molecule has 0 aliphatic heterocycles. The summed E-state index contributed by atoms with van der Waals surface area (Å²) in [6.07, 6.45) is 0.128. The summed E-state index contributed by atoms with van der Waals surface area (Å²) in [6, 6.07) is 3.24. The number of hydrogen-bond acceptors (Lipinski definition) is 4. The number of nitro groups is 1. The van der Waals surface area contributed by atoms with Crippen LogP contribution in [-0.2, 0) is 11.3 Å². The van der Waals surface area contributed by atoms with Gasteiger partial charge in [0.2, 0.25) is 5.91 Å². The molecule has 0 radical (unpaired) electrons. The van der Waals surface area contributed by atoms with Crippen LogP contribution in [-0.4, -0.2) is 17.4 Å². The van der Waals surface area contributed by atoms with Crippen LogP contribution in [0.25, 0.3) is 0 Å². The molecule has 1 aromatic rings. The molecule has 0 aliphatic carbocycles. The summed E-state index contributed by atoms with van der Waals surface area (Å²) in [6.45, 7) is 0.407. The third kappa shape index (κ3) is 4.15. The quantitative estimate of drug-likeness (QED) is 0.435. The van der Waals surface area contributed by atoms with Gasteiger partial charge in [-0.15, -0.1) is 0 Å². The number of hydrogen-bond donors (Lipinski definition) is 2. The first kappa shape index (κ1) is 13.0. The zero-order valence-corrected chi connectivity index (χ0v) is 8.98. The Hall–Kier alpha value is -2.02. The van der Waals surface area contributed by atoms with Crippen molar-refractivity contribution in [1.82, 2.24) is 5.32 Å². The molecule has 0 unspecified atom stereocenters. The van der Waals surface area contributed by atoms with Crippen LogP contribution in [0.15, 0.2) is 18.2 Å². The Balaban J connectivity index is 2.65. The second-order valence-electron chi connectivity index (χ2n) is 3.42. The van der Waals surface area contributed by atoms with Gasteiger partial charge in [0.25, 0.3) is 5.69 Å². The number of halogens is 1. The first-order chi connectivity index (χ1) is 8.00. The molecule has 0 atom stereocenters. The third-order valence-electron chi connectivity index (χ3n) is 2.10. The highest BCUT2D eigenvalue weighted by atomic mass is 19.1. The minimum atomic E-state index is -0.579. The zero-order chi connectivity index (χ0) is 12.8. The zero-order valence-electron chi connectivity index (χ0n) is 8.98. The number of nitro benzene ring substituents is 1. The number of primary amides is 1. The standard InChI is InChI=1S/C10H12FN3O3/c11-8-1-2-9(14(16)17)7(5-8)6-13-4-3-10(12)15/h1-2,5,13H,3-4,6H2,(H2,12,15). The maximum absolute atomic E-state index is 12.9. The number of nitrogens with two attached hydrogens (primary N) is 1. The maximum atomic E-state index is 12.9. The summed E-state index contributed by atoms with van der Waals surface area (Å²) in [5.74, 6) is -1.01. The van der Waals surface area contributed by atoms with Gasteiger partial charge >= 0.3 is 0 Å². The van der Waals surface area contributed by atoms with Gasteiger partial charge in [-0.25, -0.2) is 4.39 Å². The molecule has 0 aromatic heterocycles. The highest BCUT2D eigenvalue weighted by Crippen LogP contribution is 2.19. The molecule has 0 saturated carbocycles. The molecule has 1 amide bonds. The summed E-state index contributed by atoms with van der Waals surface area (Å²) >= 11 is 0. The highest BCUT2D eigenvalue weighted by Gasteiger charge is 2.13. The maximum Gasteiger partial charge on any atom is 0.274 e. The van der Waals surface area contributed by atoms with Crippen LogP contribution >= 0.6 is 0 Å². The number of nitrogens with zero attached hydrogens (tertiary/aromatic N) is 1. The lowest BCUT2D eigenvalue weighted by molar-refractivity contribution is -0.385. The first-order valence-corrected chi connectivity index (χ1v) is 4.92. The number of benzene rings is 1. The van der Waals surface area contributed by atoms with Crippen LogP contribution in [0.5, 0.6) is 0 Å². The second kappa shape index (κ2) is 5.90. The predicted octanol–water partition coefficient (Wildman–Crippen LogP) is 0.699. The fourth-order valence-electron chi connectivity index (χ4n) is 1.31. The van der Waals surface area contributed by atoms with Crippen molar-refractivity contribution in [1.29, 1.82) is 0 Å². The van der Waals surface area contributed by atoms with Crippen LogP contribution < -0.4 is 11.1 Å². The summed E-state index contributed by atoms with van der Waals surface area (Å²) in [4.78, 5) is 20.5. The molecule has 6 nitrogen and oxygen atoms in total. The predicted molar refractivity (Wildman–Crippen MR) is 58.6 cm³/mol. The molecule has 92 valence electrons. The molecule has 1 aromatic carbocycles. The van der Waals surface area contributed by atoms with Crippen LogP contribution in [0.1, 0.15) is 12.0 Å². The summed E-state index contributed by atoms with van der Waals surface area (Å²) < 4.78 is 12.9. The lowest BCUT2D eigenvalue weighted by Crippen LogP contribution is -2.22. The second-order valence-corrected chi connectivity index (χ2v) is 3.42. The van der Waals surface area contributed by atoms with E-state index in [1.807, 2.05) is 0 Å². The van der Waals surface area contributed by atoms with E-state index < -0.39 is 16.6 Å². The largest absolute Gasteiger partial charge is 0.370 e. The molecule has 7 heteroatoms. The smallest absolute Gasteiger partial charge is 0.274 e. The number of carbonyl (C=O) groups is 1. The van der Waals surface area contributed by atoms with E-state index in [-0.39, 0.29) is 24.2 Å². The van der Waals surface area contributed by atoms with Gasteiger partial charge in [-0.3, -0.25) is 14.9 Å². The van der Waals surface area contributed by atoms with E-state index >= 15 is 0 Å². The third-order valence-corrected chi connectivity index (χ3v) is 2.10. The Kier molecular flexibility index (Phi) is 4.53. The van der Waals surface area contributed by atoms with Gasteiger partial charge < -0.3 is 11.1 Å². The SMILES string of the molecule is NC(=O)CCNCc1cc(F)ccc1[N+](=O)[O-]. The average Bonchev–Trinajstić information content (AvgIpc) is 2.23. The Morgan fingerprint density at radius 1 is 1.53 bits per heavy atom. The van der Waals surface area contributed by atoms with Crippen LogP contribution in [0.4, 0.5) is 10.1 Å². The molecule has 0 saturated heterocycles. The molecule has 0 heterocycles. The van der Waals surface area contributed by atoms with E-state index in [0.717, 1.165) is 18.2 Å². The molecular formula is C10H12FN3O3. The van der Waals surface area contributed by atoms with Crippen molar-refractivity contribution in [2.75, 3.05) is 6.54 Å². The van der Waals surface area contributed by atoms with E-state index in [1.165, 1.54) is 0 Å². The number of carbonyl (C=O) groups excluding carboxylic acids is 1. The lowest BCUT2D eigenvalue weighted by atomic mass is 10.1. The van der Waals surface area contributed by atoms with Gasteiger partial charge in [0.05, 0.1) is 4.92 Å². The molecule has 3 N–H and O–H groups in total. The topological polar surface area (TPSA) is 98.3 Å². The molecule has 0 bridgehead atoms. The van der Waals surface area contributed by atoms with Crippen molar-refractivity contribution in [2.24, 2.45) is 5.73 Å². The van der Waals surface area contributed by atoms with Crippen molar-refractivity contribution in [2.45, 2.75) is 13.0 Å². The van der Waals surface area contributed by atoms with Gasteiger partial charge in [-0.2, -0.15) is 0 Å². The summed E-state index contributed by atoms with van der Waals surface area (Å²) in [5, 5.41) is 13.4. The Morgan fingerprint density at radius 3 is 2.82 bits per heavy atom. The fraction of sp³-hybridized carbons (Fsp3) is 0.300. The molecule has 0 aliphatic rings. The number of amides is 1. The minimum absolute atomic E-state index is 0.112.